The molecule has 2 aromatic rings. The van der Waals surface area contributed by atoms with Gasteiger partial charge in [-0.3, -0.25) is 4.79 Å². The maximum atomic E-state index is 12.9. The fourth-order valence-electron chi connectivity index (χ4n) is 2.88. The second kappa shape index (κ2) is 6.31. The van der Waals surface area contributed by atoms with Crippen LogP contribution in [-0.2, 0) is 6.42 Å². The smallest absolute Gasteiger partial charge is 0.204 e. The van der Waals surface area contributed by atoms with Crippen molar-refractivity contribution in [3.63, 3.8) is 0 Å². The molecular weight excluding hydrogens is 312 g/mol. The van der Waals surface area contributed by atoms with Crippen LogP contribution in [0.15, 0.2) is 30.3 Å². The van der Waals surface area contributed by atoms with Crippen LogP contribution in [-0.4, -0.2) is 36.8 Å². The van der Waals surface area contributed by atoms with Crippen molar-refractivity contribution in [2.24, 2.45) is 5.92 Å². The van der Waals surface area contributed by atoms with Gasteiger partial charge in [0.1, 0.15) is 17.1 Å². The number of phenolic OH excluding ortho intramolecular Hbond substituents is 2. The van der Waals surface area contributed by atoms with E-state index >= 15 is 0 Å². The molecule has 0 bridgehead atoms. The number of ether oxygens (including phenoxy) is 3. The summed E-state index contributed by atoms with van der Waals surface area (Å²) in [5.41, 5.74) is 1.20. The summed E-state index contributed by atoms with van der Waals surface area (Å²) in [5, 5.41) is 19.3. The van der Waals surface area contributed by atoms with E-state index in [0.717, 1.165) is 5.56 Å². The Kier molecular flexibility index (Phi) is 4.20. The van der Waals surface area contributed by atoms with Gasteiger partial charge in [0.05, 0.1) is 26.7 Å². The summed E-state index contributed by atoms with van der Waals surface area (Å²) >= 11 is 0. The number of carbonyl (C=O) groups is 1. The summed E-state index contributed by atoms with van der Waals surface area (Å²) in [6, 6.07) is 8.07. The standard InChI is InChI=1S/C18H18O6/c1-22-17-13(20)8-14-15(18(17)23-2)16(21)11(9-24-14)7-10-3-5-12(19)6-4-10/h3-6,8,11,19-20H,7,9H2,1-2H3. The molecule has 6 heteroatoms. The molecule has 1 unspecified atom stereocenters. The maximum Gasteiger partial charge on any atom is 0.204 e. The first-order chi connectivity index (χ1) is 11.5. The number of Topliss-reactive ketones (excluding diaryl/α,β-unsaturated/α-hetero) is 1. The Balaban J connectivity index is 1.96. The first-order valence-corrected chi connectivity index (χ1v) is 7.48. The Labute approximate surface area is 139 Å². The zero-order valence-corrected chi connectivity index (χ0v) is 13.4. The van der Waals surface area contributed by atoms with Gasteiger partial charge in [-0.1, -0.05) is 12.1 Å². The Bertz CT molecular complexity index is 766. The lowest BCUT2D eigenvalue weighted by molar-refractivity contribution is 0.0824. The molecule has 24 heavy (non-hydrogen) atoms. The van der Waals surface area contributed by atoms with Crippen molar-refractivity contribution in [3.05, 3.63) is 41.5 Å². The highest BCUT2D eigenvalue weighted by molar-refractivity contribution is 6.05. The summed E-state index contributed by atoms with van der Waals surface area (Å²) in [4.78, 5) is 12.9. The van der Waals surface area contributed by atoms with Gasteiger partial charge in [-0.2, -0.15) is 0 Å². The predicted molar refractivity (Wildman–Crippen MR) is 86.3 cm³/mol. The fraction of sp³-hybridized carbons (Fsp3) is 0.278. The molecule has 1 aliphatic heterocycles. The van der Waals surface area contributed by atoms with Crippen LogP contribution >= 0.6 is 0 Å². The number of methoxy groups -OCH3 is 2. The van der Waals surface area contributed by atoms with E-state index in [0.29, 0.717) is 6.42 Å². The van der Waals surface area contributed by atoms with E-state index < -0.39 is 0 Å². The summed E-state index contributed by atoms with van der Waals surface area (Å²) in [7, 11) is 2.81. The molecule has 2 N–H and O–H groups in total. The molecule has 0 spiro atoms. The number of hydrogen-bond acceptors (Lipinski definition) is 6. The number of hydrogen-bond donors (Lipinski definition) is 2. The minimum Gasteiger partial charge on any atom is -0.508 e. The number of fused-ring (bicyclic) bond motifs is 1. The molecule has 0 fully saturated rings. The monoisotopic (exact) mass is 330 g/mol. The van der Waals surface area contributed by atoms with Crippen LogP contribution in [0.25, 0.3) is 0 Å². The van der Waals surface area contributed by atoms with Crippen LogP contribution in [0.4, 0.5) is 0 Å². The van der Waals surface area contributed by atoms with Crippen molar-refractivity contribution in [1.29, 1.82) is 0 Å². The molecule has 0 radical (unpaired) electrons. The van der Waals surface area contributed by atoms with Gasteiger partial charge in [-0.05, 0) is 24.1 Å². The van der Waals surface area contributed by atoms with E-state index in [1.54, 1.807) is 24.3 Å². The molecule has 126 valence electrons. The Hall–Kier alpha value is -2.89. The number of aromatic hydroxyl groups is 2. The highest BCUT2D eigenvalue weighted by atomic mass is 16.5. The number of ketones is 1. The van der Waals surface area contributed by atoms with Crippen LogP contribution in [0, 0.1) is 5.92 Å². The average Bonchev–Trinajstić information content (AvgIpc) is 2.58. The third-order valence-electron chi connectivity index (χ3n) is 4.06. The van der Waals surface area contributed by atoms with Crippen molar-refractivity contribution in [2.75, 3.05) is 20.8 Å². The number of benzene rings is 2. The van der Waals surface area contributed by atoms with Crippen molar-refractivity contribution in [3.8, 4) is 28.7 Å². The molecule has 1 aliphatic rings. The molecule has 0 aliphatic carbocycles. The van der Waals surface area contributed by atoms with Crippen LogP contribution in [0.5, 0.6) is 28.7 Å². The van der Waals surface area contributed by atoms with E-state index in [4.69, 9.17) is 14.2 Å². The number of carbonyl (C=O) groups excluding carboxylic acids is 1. The number of phenols is 2. The van der Waals surface area contributed by atoms with Crippen molar-refractivity contribution in [2.45, 2.75) is 6.42 Å². The highest BCUT2D eigenvalue weighted by Crippen LogP contribution is 2.47. The van der Waals surface area contributed by atoms with Crippen molar-refractivity contribution in [1.82, 2.24) is 0 Å². The highest BCUT2D eigenvalue weighted by Gasteiger charge is 2.35. The predicted octanol–water partition coefficient (Wildman–Crippen LogP) is 2.55. The first kappa shape index (κ1) is 16.0. The summed E-state index contributed by atoms with van der Waals surface area (Å²) in [5.74, 6) is 0.100. The van der Waals surface area contributed by atoms with E-state index in [2.05, 4.69) is 0 Å². The van der Waals surface area contributed by atoms with Crippen LogP contribution in [0.2, 0.25) is 0 Å². The van der Waals surface area contributed by atoms with Crippen molar-refractivity contribution >= 4 is 5.78 Å². The van der Waals surface area contributed by atoms with Crippen LogP contribution < -0.4 is 14.2 Å². The van der Waals surface area contributed by atoms with E-state index in [-0.39, 0.29) is 52.6 Å². The van der Waals surface area contributed by atoms with E-state index in [9.17, 15) is 15.0 Å². The molecule has 0 amide bonds. The second-order valence-electron chi connectivity index (χ2n) is 5.58. The minimum atomic E-state index is -0.384. The van der Waals surface area contributed by atoms with Gasteiger partial charge in [0.15, 0.2) is 17.3 Å². The summed E-state index contributed by atoms with van der Waals surface area (Å²) < 4.78 is 16.1. The summed E-state index contributed by atoms with van der Waals surface area (Å²) in [6.07, 6.45) is 0.477. The molecule has 3 rings (SSSR count). The third kappa shape index (κ3) is 2.71. The average molecular weight is 330 g/mol. The largest absolute Gasteiger partial charge is 0.508 e. The van der Waals surface area contributed by atoms with Gasteiger partial charge < -0.3 is 24.4 Å². The topological polar surface area (TPSA) is 85.2 Å². The van der Waals surface area contributed by atoms with Gasteiger partial charge in [0.2, 0.25) is 5.75 Å². The fourth-order valence-corrected chi connectivity index (χ4v) is 2.88. The third-order valence-corrected chi connectivity index (χ3v) is 4.06. The van der Waals surface area contributed by atoms with Crippen LogP contribution in [0.3, 0.4) is 0 Å². The molecule has 2 aromatic carbocycles. The Morgan fingerprint density at radius 3 is 2.42 bits per heavy atom. The molecule has 0 saturated carbocycles. The zero-order valence-electron chi connectivity index (χ0n) is 13.4. The normalized spacial score (nSPS) is 16.2. The van der Waals surface area contributed by atoms with Gasteiger partial charge in [0, 0.05) is 6.07 Å². The lowest BCUT2D eigenvalue weighted by Gasteiger charge is -2.26. The Morgan fingerprint density at radius 2 is 1.79 bits per heavy atom. The Morgan fingerprint density at radius 1 is 1.12 bits per heavy atom. The molecule has 0 saturated heterocycles. The van der Waals surface area contributed by atoms with Crippen molar-refractivity contribution < 1.29 is 29.2 Å². The van der Waals surface area contributed by atoms with Gasteiger partial charge in [0.25, 0.3) is 0 Å². The summed E-state index contributed by atoms with van der Waals surface area (Å²) in [6.45, 7) is 0.210. The van der Waals surface area contributed by atoms with Crippen LogP contribution in [0.1, 0.15) is 15.9 Å². The number of rotatable bonds is 4. The van der Waals surface area contributed by atoms with Gasteiger partial charge >= 0.3 is 0 Å². The molecule has 1 atom stereocenters. The maximum absolute atomic E-state index is 12.9. The molecule has 1 heterocycles. The van der Waals surface area contributed by atoms with E-state index in [1.807, 2.05) is 0 Å². The second-order valence-corrected chi connectivity index (χ2v) is 5.58. The zero-order chi connectivity index (χ0) is 17.3. The minimum absolute atomic E-state index is 0.110. The molecular formula is C18H18O6. The van der Waals surface area contributed by atoms with E-state index in [1.165, 1.54) is 20.3 Å². The van der Waals surface area contributed by atoms with Gasteiger partial charge in [-0.15, -0.1) is 0 Å². The molecule has 0 aromatic heterocycles. The SMILES string of the molecule is COc1c(O)cc2c(c1OC)C(=O)C(Cc1ccc(O)cc1)CO2. The van der Waals surface area contributed by atoms with Gasteiger partial charge in [-0.25, -0.2) is 0 Å². The lowest BCUT2D eigenvalue weighted by Crippen LogP contribution is -2.30. The first-order valence-electron chi connectivity index (χ1n) is 7.48. The quantitative estimate of drug-likeness (QED) is 0.896. The lowest BCUT2D eigenvalue weighted by atomic mass is 9.89. The molecule has 6 nitrogen and oxygen atoms in total.